The van der Waals surface area contributed by atoms with E-state index in [1.807, 2.05) is 26.0 Å². The Kier molecular flexibility index (Phi) is 4.62. The molecular formula is C18H17F2N3O2S. The first kappa shape index (κ1) is 18.2. The lowest BCUT2D eigenvalue weighted by Gasteiger charge is -2.09. The van der Waals surface area contributed by atoms with Crippen molar-refractivity contribution in [3.63, 3.8) is 0 Å². The van der Waals surface area contributed by atoms with Gasteiger partial charge in [0, 0.05) is 12.5 Å². The number of halogens is 2. The first-order chi connectivity index (χ1) is 12.2. The first-order valence-corrected chi connectivity index (χ1v) is 9.68. The molecule has 2 aromatic heterocycles. The monoisotopic (exact) mass is 377 g/mol. The van der Waals surface area contributed by atoms with Gasteiger partial charge in [0.15, 0.2) is 9.84 Å². The van der Waals surface area contributed by atoms with Crippen LogP contribution in [0.4, 0.5) is 8.78 Å². The number of aryl methyl sites for hydroxylation is 2. The van der Waals surface area contributed by atoms with Crippen LogP contribution >= 0.6 is 0 Å². The zero-order valence-corrected chi connectivity index (χ0v) is 15.3. The van der Waals surface area contributed by atoms with Crippen LogP contribution in [0.15, 0.2) is 47.5 Å². The lowest BCUT2D eigenvalue weighted by atomic mass is 10.1. The summed E-state index contributed by atoms with van der Waals surface area (Å²) in [4.78, 5) is 4.19. The SMILES string of the molecule is Cc1ccc(-n2nc(C(F)F)cc2-c2ccc(S(C)(=O)=O)cn2)cc1C. The second-order valence-electron chi connectivity index (χ2n) is 6.09. The van der Waals surface area contributed by atoms with Crippen molar-refractivity contribution < 1.29 is 17.2 Å². The van der Waals surface area contributed by atoms with Crippen LogP contribution in [0.25, 0.3) is 17.1 Å². The fraction of sp³-hybridized carbons (Fsp3) is 0.222. The van der Waals surface area contributed by atoms with E-state index in [0.29, 0.717) is 17.1 Å². The zero-order valence-electron chi connectivity index (χ0n) is 14.4. The van der Waals surface area contributed by atoms with Gasteiger partial charge in [-0.2, -0.15) is 5.10 Å². The Hall–Kier alpha value is -2.61. The summed E-state index contributed by atoms with van der Waals surface area (Å²) < 4.78 is 50.9. The normalized spacial score (nSPS) is 11.9. The van der Waals surface area contributed by atoms with E-state index in [1.54, 1.807) is 6.07 Å². The number of benzene rings is 1. The molecule has 0 amide bonds. The van der Waals surface area contributed by atoms with Crippen LogP contribution in [-0.2, 0) is 9.84 Å². The quantitative estimate of drug-likeness (QED) is 0.692. The van der Waals surface area contributed by atoms with Crippen LogP contribution in [-0.4, -0.2) is 29.4 Å². The van der Waals surface area contributed by atoms with Gasteiger partial charge >= 0.3 is 0 Å². The maximum absolute atomic E-state index is 13.2. The van der Waals surface area contributed by atoms with E-state index in [2.05, 4.69) is 10.1 Å². The third-order valence-electron chi connectivity index (χ3n) is 4.11. The van der Waals surface area contributed by atoms with Crippen molar-refractivity contribution in [2.24, 2.45) is 0 Å². The van der Waals surface area contributed by atoms with Gasteiger partial charge in [-0.05, 0) is 55.3 Å². The molecule has 3 rings (SSSR count). The molecule has 5 nitrogen and oxygen atoms in total. The Bertz CT molecular complexity index is 1060. The third kappa shape index (κ3) is 3.50. The number of hydrogen-bond acceptors (Lipinski definition) is 4. The molecule has 1 aromatic carbocycles. The molecule has 0 saturated carbocycles. The molecule has 0 aliphatic heterocycles. The highest BCUT2D eigenvalue weighted by atomic mass is 32.2. The summed E-state index contributed by atoms with van der Waals surface area (Å²) >= 11 is 0. The Balaban J connectivity index is 2.15. The minimum Gasteiger partial charge on any atom is -0.253 e. The van der Waals surface area contributed by atoms with Gasteiger partial charge in [0.05, 0.1) is 22.0 Å². The summed E-state index contributed by atoms with van der Waals surface area (Å²) in [7, 11) is -3.39. The highest BCUT2D eigenvalue weighted by Gasteiger charge is 2.19. The number of nitrogens with zero attached hydrogens (tertiary/aromatic N) is 3. The average molecular weight is 377 g/mol. The molecule has 2 heterocycles. The van der Waals surface area contributed by atoms with Crippen LogP contribution in [0.5, 0.6) is 0 Å². The molecule has 0 spiro atoms. The fourth-order valence-electron chi connectivity index (χ4n) is 2.49. The van der Waals surface area contributed by atoms with Crippen molar-refractivity contribution in [3.05, 3.63) is 59.4 Å². The molecule has 3 aromatic rings. The van der Waals surface area contributed by atoms with E-state index < -0.39 is 16.3 Å². The van der Waals surface area contributed by atoms with Crippen LogP contribution in [0.2, 0.25) is 0 Å². The van der Waals surface area contributed by atoms with Crippen LogP contribution in [0.1, 0.15) is 23.2 Å². The maximum Gasteiger partial charge on any atom is 0.282 e. The average Bonchev–Trinajstić information content (AvgIpc) is 3.02. The predicted octanol–water partition coefficient (Wildman–Crippen LogP) is 3.89. The van der Waals surface area contributed by atoms with Gasteiger partial charge in [-0.15, -0.1) is 0 Å². The van der Waals surface area contributed by atoms with E-state index in [-0.39, 0.29) is 10.6 Å². The molecule has 0 aliphatic carbocycles. The fourth-order valence-corrected chi connectivity index (χ4v) is 3.05. The Morgan fingerprint density at radius 3 is 2.31 bits per heavy atom. The molecule has 0 radical (unpaired) electrons. The molecule has 0 unspecified atom stereocenters. The number of rotatable bonds is 4. The van der Waals surface area contributed by atoms with Crippen molar-refractivity contribution in [2.75, 3.05) is 6.26 Å². The number of hydrogen-bond donors (Lipinski definition) is 0. The van der Waals surface area contributed by atoms with E-state index in [9.17, 15) is 17.2 Å². The van der Waals surface area contributed by atoms with Crippen LogP contribution < -0.4 is 0 Å². The highest BCUT2D eigenvalue weighted by molar-refractivity contribution is 7.90. The topological polar surface area (TPSA) is 64.8 Å². The number of alkyl halides is 2. The summed E-state index contributed by atoms with van der Waals surface area (Å²) in [5.41, 5.74) is 3.06. The van der Waals surface area contributed by atoms with Crippen molar-refractivity contribution in [3.8, 4) is 17.1 Å². The van der Waals surface area contributed by atoms with Gasteiger partial charge in [-0.3, -0.25) is 4.98 Å². The van der Waals surface area contributed by atoms with Gasteiger partial charge in [-0.1, -0.05) is 6.07 Å². The summed E-state index contributed by atoms with van der Waals surface area (Å²) in [5, 5.41) is 4.01. The number of aromatic nitrogens is 3. The summed E-state index contributed by atoms with van der Waals surface area (Å²) in [6, 6.07) is 9.68. The molecule has 0 atom stereocenters. The van der Waals surface area contributed by atoms with Gasteiger partial charge in [0.2, 0.25) is 0 Å². The van der Waals surface area contributed by atoms with E-state index >= 15 is 0 Å². The van der Waals surface area contributed by atoms with Crippen molar-refractivity contribution >= 4 is 9.84 Å². The molecule has 8 heteroatoms. The second-order valence-corrected chi connectivity index (χ2v) is 8.10. The highest BCUT2D eigenvalue weighted by Crippen LogP contribution is 2.28. The first-order valence-electron chi connectivity index (χ1n) is 7.79. The van der Waals surface area contributed by atoms with Crippen molar-refractivity contribution in [1.29, 1.82) is 0 Å². The lowest BCUT2D eigenvalue weighted by Crippen LogP contribution is -2.03. The number of sulfone groups is 1. The van der Waals surface area contributed by atoms with Crippen LogP contribution in [0.3, 0.4) is 0 Å². The van der Waals surface area contributed by atoms with Gasteiger partial charge < -0.3 is 0 Å². The largest absolute Gasteiger partial charge is 0.282 e. The lowest BCUT2D eigenvalue weighted by molar-refractivity contribution is 0.145. The molecule has 136 valence electrons. The third-order valence-corrected chi connectivity index (χ3v) is 5.21. The molecule has 0 fully saturated rings. The summed E-state index contributed by atoms with van der Waals surface area (Å²) in [5.74, 6) is 0. The molecule has 0 N–H and O–H groups in total. The van der Waals surface area contributed by atoms with E-state index in [4.69, 9.17) is 0 Å². The second kappa shape index (κ2) is 6.60. The van der Waals surface area contributed by atoms with Gasteiger partial charge in [-0.25, -0.2) is 21.9 Å². The van der Waals surface area contributed by atoms with Gasteiger partial charge in [0.1, 0.15) is 5.69 Å². The molecule has 0 bridgehead atoms. The maximum atomic E-state index is 13.2. The van der Waals surface area contributed by atoms with E-state index in [1.165, 1.54) is 29.1 Å². The van der Waals surface area contributed by atoms with E-state index in [0.717, 1.165) is 17.4 Å². The summed E-state index contributed by atoms with van der Waals surface area (Å²) in [6.07, 6.45) is -0.431. The Morgan fingerprint density at radius 1 is 1.04 bits per heavy atom. The van der Waals surface area contributed by atoms with Crippen molar-refractivity contribution in [1.82, 2.24) is 14.8 Å². The van der Waals surface area contributed by atoms with Gasteiger partial charge in [0.25, 0.3) is 6.43 Å². The standard InChI is InChI=1S/C18H17F2N3O2S/c1-11-4-5-13(8-12(11)2)23-17(9-16(22-23)18(19)20)15-7-6-14(10-21-15)26(3,24)25/h4-10,18H,1-3H3. The Labute approximate surface area is 150 Å². The minimum atomic E-state index is -3.39. The molecule has 0 saturated heterocycles. The zero-order chi connectivity index (χ0) is 19.1. The van der Waals surface area contributed by atoms with Crippen molar-refractivity contribution in [2.45, 2.75) is 25.2 Å². The molecule has 26 heavy (non-hydrogen) atoms. The molecular weight excluding hydrogens is 360 g/mol. The summed E-state index contributed by atoms with van der Waals surface area (Å²) in [6.45, 7) is 3.88. The minimum absolute atomic E-state index is 0.0626. The molecule has 0 aliphatic rings. The predicted molar refractivity (Wildman–Crippen MR) is 94.3 cm³/mol. The van der Waals surface area contributed by atoms with Crippen LogP contribution in [0, 0.1) is 13.8 Å². The Morgan fingerprint density at radius 2 is 1.77 bits per heavy atom. The smallest absolute Gasteiger partial charge is 0.253 e. The number of pyridine rings is 1.